The molecule has 0 saturated carbocycles. The number of nitrogens with one attached hydrogen (secondary N) is 2. The lowest BCUT2D eigenvalue weighted by atomic mass is 10.2. The molecule has 2 N–H and O–H groups in total. The number of anilines is 4. The van der Waals surface area contributed by atoms with Gasteiger partial charge in [-0.25, -0.2) is 9.97 Å². The van der Waals surface area contributed by atoms with Crippen molar-refractivity contribution in [3.05, 3.63) is 36.2 Å². The van der Waals surface area contributed by atoms with Crippen molar-refractivity contribution in [2.24, 2.45) is 0 Å². The highest BCUT2D eigenvalue weighted by molar-refractivity contribution is 5.62. The predicted molar refractivity (Wildman–Crippen MR) is 89.6 cm³/mol. The first kappa shape index (κ1) is 15.1. The number of benzene rings is 1. The molecule has 0 spiro atoms. The van der Waals surface area contributed by atoms with Crippen LogP contribution in [0.4, 0.5) is 23.0 Å². The molecule has 2 aromatic rings. The van der Waals surface area contributed by atoms with E-state index >= 15 is 0 Å². The number of aromatic nitrogens is 2. The van der Waals surface area contributed by atoms with Crippen molar-refractivity contribution >= 4 is 23.0 Å². The van der Waals surface area contributed by atoms with Crippen molar-refractivity contribution in [1.29, 1.82) is 0 Å². The van der Waals surface area contributed by atoms with E-state index in [4.69, 9.17) is 0 Å². The van der Waals surface area contributed by atoms with Crippen LogP contribution in [-0.2, 0) is 0 Å². The zero-order chi connectivity index (χ0) is 15.2. The summed E-state index contributed by atoms with van der Waals surface area (Å²) in [7, 11) is 4.06. The van der Waals surface area contributed by atoms with Gasteiger partial charge in [0.05, 0.1) is 0 Å². The Morgan fingerprint density at radius 2 is 1.71 bits per heavy atom. The fourth-order valence-electron chi connectivity index (χ4n) is 1.97. The third-order valence-corrected chi connectivity index (χ3v) is 3.05. The third kappa shape index (κ3) is 4.34. The molecule has 1 aromatic heterocycles. The Kier molecular flexibility index (Phi) is 4.98. The van der Waals surface area contributed by atoms with E-state index in [1.165, 1.54) is 5.69 Å². The highest BCUT2D eigenvalue weighted by Gasteiger charge is 2.03. The summed E-state index contributed by atoms with van der Waals surface area (Å²) in [6.07, 6.45) is 1.07. The van der Waals surface area contributed by atoms with Crippen LogP contribution in [-0.4, -0.2) is 30.6 Å². The van der Waals surface area contributed by atoms with Gasteiger partial charge in [-0.2, -0.15) is 0 Å². The van der Waals surface area contributed by atoms with E-state index in [0.29, 0.717) is 0 Å². The number of aryl methyl sites for hydroxylation is 1. The second kappa shape index (κ2) is 6.92. The Morgan fingerprint density at radius 3 is 2.33 bits per heavy atom. The zero-order valence-electron chi connectivity index (χ0n) is 13.1. The van der Waals surface area contributed by atoms with Gasteiger partial charge in [-0.3, -0.25) is 0 Å². The van der Waals surface area contributed by atoms with Gasteiger partial charge in [0.2, 0.25) is 0 Å². The standard InChI is InChI=1S/C16H23N5/c1-5-10-17-15-11-16(19-12(2)18-15)20-13-6-8-14(9-7-13)21(3)4/h6-9,11H,5,10H2,1-4H3,(H2,17,18,19,20). The van der Waals surface area contributed by atoms with Crippen molar-refractivity contribution < 1.29 is 0 Å². The molecular weight excluding hydrogens is 262 g/mol. The molecule has 0 bridgehead atoms. The molecule has 2 rings (SSSR count). The molecular formula is C16H23N5. The van der Waals surface area contributed by atoms with Gasteiger partial charge in [-0.1, -0.05) is 6.92 Å². The normalized spacial score (nSPS) is 10.3. The molecule has 21 heavy (non-hydrogen) atoms. The molecule has 5 heteroatoms. The molecule has 0 aliphatic heterocycles. The first-order valence-corrected chi connectivity index (χ1v) is 7.22. The van der Waals surface area contributed by atoms with Gasteiger partial charge in [-0.05, 0) is 37.6 Å². The van der Waals surface area contributed by atoms with E-state index in [2.05, 4.69) is 44.6 Å². The van der Waals surface area contributed by atoms with E-state index in [1.807, 2.05) is 39.2 Å². The summed E-state index contributed by atoms with van der Waals surface area (Å²) in [5.41, 5.74) is 2.19. The molecule has 1 heterocycles. The van der Waals surface area contributed by atoms with Crippen LogP contribution in [0.1, 0.15) is 19.2 Å². The molecule has 5 nitrogen and oxygen atoms in total. The minimum absolute atomic E-state index is 0.753. The Hall–Kier alpha value is -2.30. The Bertz CT molecular complexity index is 578. The molecule has 0 atom stereocenters. The molecule has 0 fully saturated rings. The molecule has 0 radical (unpaired) electrons. The third-order valence-electron chi connectivity index (χ3n) is 3.05. The summed E-state index contributed by atoms with van der Waals surface area (Å²) < 4.78 is 0. The van der Waals surface area contributed by atoms with E-state index in [-0.39, 0.29) is 0 Å². The van der Waals surface area contributed by atoms with Crippen molar-refractivity contribution in [1.82, 2.24) is 9.97 Å². The highest BCUT2D eigenvalue weighted by Crippen LogP contribution is 2.20. The van der Waals surface area contributed by atoms with Crippen LogP contribution in [0.15, 0.2) is 30.3 Å². The highest BCUT2D eigenvalue weighted by atomic mass is 15.1. The average Bonchev–Trinajstić information content (AvgIpc) is 2.45. The molecule has 0 unspecified atom stereocenters. The minimum atomic E-state index is 0.753. The van der Waals surface area contributed by atoms with E-state index in [1.54, 1.807) is 0 Å². The Morgan fingerprint density at radius 1 is 1.05 bits per heavy atom. The topological polar surface area (TPSA) is 53.1 Å². The van der Waals surface area contributed by atoms with Gasteiger partial charge in [0.15, 0.2) is 0 Å². The van der Waals surface area contributed by atoms with E-state index in [9.17, 15) is 0 Å². The minimum Gasteiger partial charge on any atom is -0.378 e. The first-order valence-electron chi connectivity index (χ1n) is 7.22. The quantitative estimate of drug-likeness (QED) is 0.851. The predicted octanol–water partition coefficient (Wildman–Crippen LogP) is 3.42. The average molecular weight is 285 g/mol. The van der Waals surface area contributed by atoms with Crippen LogP contribution in [0.2, 0.25) is 0 Å². The van der Waals surface area contributed by atoms with Crippen LogP contribution in [0.3, 0.4) is 0 Å². The van der Waals surface area contributed by atoms with E-state index in [0.717, 1.165) is 36.1 Å². The molecule has 1 aromatic carbocycles. The van der Waals surface area contributed by atoms with Gasteiger partial charge < -0.3 is 15.5 Å². The maximum absolute atomic E-state index is 4.42. The Balaban J connectivity index is 2.12. The monoisotopic (exact) mass is 285 g/mol. The van der Waals surface area contributed by atoms with Gasteiger partial charge in [0.25, 0.3) is 0 Å². The van der Waals surface area contributed by atoms with Crippen LogP contribution in [0, 0.1) is 6.92 Å². The maximum atomic E-state index is 4.42. The summed E-state index contributed by atoms with van der Waals surface area (Å²) >= 11 is 0. The van der Waals surface area contributed by atoms with Gasteiger partial charge in [0.1, 0.15) is 17.5 Å². The molecule has 0 aliphatic carbocycles. The van der Waals surface area contributed by atoms with Crippen molar-refractivity contribution in [2.75, 3.05) is 36.2 Å². The second-order valence-corrected chi connectivity index (χ2v) is 5.18. The largest absolute Gasteiger partial charge is 0.378 e. The van der Waals surface area contributed by atoms with Crippen molar-refractivity contribution in [2.45, 2.75) is 20.3 Å². The Labute approximate surface area is 126 Å². The number of rotatable bonds is 6. The zero-order valence-corrected chi connectivity index (χ0v) is 13.1. The van der Waals surface area contributed by atoms with Gasteiger partial charge >= 0.3 is 0 Å². The molecule has 0 saturated heterocycles. The maximum Gasteiger partial charge on any atom is 0.136 e. The van der Waals surface area contributed by atoms with Crippen LogP contribution < -0.4 is 15.5 Å². The van der Waals surface area contributed by atoms with Crippen molar-refractivity contribution in [3.8, 4) is 0 Å². The smallest absolute Gasteiger partial charge is 0.136 e. The molecule has 0 amide bonds. The number of hydrogen-bond donors (Lipinski definition) is 2. The summed E-state index contributed by atoms with van der Waals surface area (Å²) in [6, 6.07) is 10.2. The van der Waals surface area contributed by atoms with Crippen LogP contribution >= 0.6 is 0 Å². The fraction of sp³-hybridized carbons (Fsp3) is 0.375. The lowest BCUT2D eigenvalue weighted by Gasteiger charge is -2.13. The number of hydrogen-bond acceptors (Lipinski definition) is 5. The van der Waals surface area contributed by atoms with Gasteiger partial charge in [0, 0.05) is 38.1 Å². The second-order valence-electron chi connectivity index (χ2n) is 5.18. The SMILES string of the molecule is CCCNc1cc(Nc2ccc(N(C)C)cc2)nc(C)n1. The first-order chi connectivity index (χ1) is 10.1. The molecule has 112 valence electrons. The summed E-state index contributed by atoms with van der Waals surface area (Å²) in [4.78, 5) is 10.9. The van der Waals surface area contributed by atoms with Gasteiger partial charge in [-0.15, -0.1) is 0 Å². The summed E-state index contributed by atoms with van der Waals surface area (Å²) in [5, 5.41) is 6.61. The summed E-state index contributed by atoms with van der Waals surface area (Å²) in [5.74, 6) is 2.42. The van der Waals surface area contributed by atoms with Crippen LogP contribution in [0.25, 0.3) is 0 Å². The fourth-order valence-corrected chi connectivity index (χ4v) is 1.97. The lowest BCUT2D eigenvalue weighted by molar-refractivity contribution is 0.955. The lowest BCUT2D eigenvalue weighted by Crippen LogP contribution is -2.08. The molecule has 0 aliphatic rings. The van der Waals surface area contributed by atoms with E-state index < -0.39 is 0 Å². The number of nitrogens with zero attached hydrogens (tertiary/aromatic N) is 3. The summed E-state index contributed by atoms with van der Waals surface area (Å²) in [6.45, 7) is 4.94. The van der Waals surface area contributed by atoms with Crippen LogP contribution in [0.5, 0.6) is 0 Å². The van der Waals surface area contributed by atoms with Crippen molar-refractivity contribution in [3.63, 3.8) is 0 Å².